The summed E-state index contributed by atoms with van der Waals surface area (Å²) in [6, 6.07) is 5.73. The third-order valence-corrected chi connectivity index (χ3v) is 2.07. The average Bonchev–Trinajstić information content (AvgIpc) is 2.29. The maximum absolute atomic E-state index is 5.41. The molecule has 2 N–H and O–H groups in total. The second-order valence-electron chi connectivity index (χ2n) is 3.09. The Balaban J connectivity index is 2.87. The molecule has 0 fully saturated rings. The van der Waals surface area contributed by atoms with Gasteiger partial charge in [-0.15, -0.1) is 0 Å². The normalized spacial score (nSPS) is 10.6. The molecule has 0 aliphatic rings. The van der Waals surface area contributed by atoms with Gasteiger partial charge in [-0.3, -0.25) is 0 Å². The highest BCUT2D eigenvalue weighted by molar-refractivity contribution is 5.59. The summed E-state index contributed by atoms with van der Waals surface area (Å²) in [5.41, 5.74) is 6.44. The quantitative estimate of drug-likeness (QED) is 0.803. The summed E-state index contributed by atoms with van der Waals surface area (Å²) < 4.78 is 10.4. The monoisotopic (exact) mass is 207 g/mol. The molecule has 0 atom stereocenters. The van der Waals surface area contributed by atoms with Crippen molar-refractivity contribution in [3.63, 3.8) is 0 Å². The highest BCUT2D eigenvalue weighted by atomic mass is 16.5. The first-order valence-corrected chi connectivity index (χ1v) is 4.90. The Morgan fingerprint density at radius 2 is 2.07 bits per heavy atom. The Morgan fingerprint density at radius 3 is 2.67 bits per heavy atom. The minimum absolute atomic E-state index is 0.662. The molecule has 82 valence electrons. The fraction of sp³-hybridized carbons (Fsp3) is 0.333. The lowest BCUT2D eigenvalue weighted by atomic mass is 10.1. The standard InChI is InChI=1S/C12H17NO2/c1-14-11-7-6-10(5-3-4-8-13)12(9-11)15-2/h3,5-7,9H,4,8,13H2,1-2H3/b5-3+. The van der Waals surface area contributed by atoms with E-state index in [-0.39, 0.29) is 0 Å². The molecule has 0 aliphatic carbocycles. The van der Waals surface area contributed by atoms with Crippen molar-refractivity contribution in [2.45, 2.75) is 6.42 Å². The fourth-order valence-electron chi connectivity index (χ4n) is 1.26. The molecular weight excluding hydrogens is 190 g/mol. The van der Waals surface area contributed by atoms with E-state index in [1.165, 1.54) is 0 Å². The van der Waals surface area contributed by atoms with E-state index in [0.29, 0.717) is 6.54 Å². The summed E-state index contributed by atoms with van der Waals surface area (Å²) in [4.78, 5) is 0. The van der Waals surface area contributed by atoms with Gasteiger partial charge >= 0.3 is 0 Å². The van der Waals surface area contributed by atoms with E-state index in [4.69, 9.17) is 15.2 Å². The zero-order valence-corrected chi connectivity index (χ0v) is 9.19. The smallest absolute Gasteiger partial charge is 0.129 e. The van der Waals surface area contributed by atoms with Crippen LogP contribution in [0, 0.1) is 0 Å². The van der Waals surface area contributed by atoms with Crippen molar-refractivity contribution < 1.29 is 9.47 Å². The Kier molecular flexibility index (Phi) is 4.71. The van der Waals surface area contributed by atoms with Crippen LogP contribution in [0.3, 0.4) is 0 Å². The lowest BCUT2D eigenvalue weighted by Gasteiger charge is -2.07. The molecular formula is C12H17NO2. The summed E-state index contributed by atoms with van der Waals surface area (Å²) in [7, 11) is 3.29. The molecule has 0 unspecified atom stereocenters. The van der Waals surface area contributed by atoms with Crippen LogP contribution in [0.25, 0.3) is 6.08 Å². The van der Waals surface area contributed by atoms with Gasteiger partial charge in [0, 0.05) is 11.6 Å². The maximum atomic E-state index is 5.41. The van der Waals surface area contributed by atoms with E-state index in [0.717, 1.165) is 23.5 Å². The molecule has 0 saturated heterocycles. The molecule has 3 nitrogen and oxygen atoms in total. The number of nitrogens with two attached hydrogens (primary N) is 1. The second-order valence-corrected chi connectivity index (χ2v) is 3.09. The van der Waals surface area contributed by atoms with Gasteiger partial charge in [0.15, 0.2) is 0 Å². The summed E-state index contributed by atoms with van der Waals surface area (Å²) >= 11 is 0. The first-order valence-electron chi connectivity index (χ1n) is 4.90. The predicted octanol–water partition coefficient (Wildman–Crippen LogP) is 2.07. The summed E-state index contributed by atoms with van der Waals surface area (Å²) in [5, 5.41) is 0. The van der Waals surface area contributed by atoms with E-state index in [2.05, 4.69) is 0 Å². The van der Waals surface area contributed by atoms with Crippen LogP contribution in [0.1, 0.15) is 12.0 Å². The second kappa shape index (κ2) is 6.09. The van der Waals surface area contributed by atoms with E-state index in [1.807, 2.05) is 30.4 Å². The molecule has 1 rings (SSSR count). The van der Waals surface area contributed by atoms with Crippen LogP contribution in [0.2, 0.25) is 0 Å². The molecule has 0 heterocycles. The van der Waals surface area contributed by atoms with Crippen molar-refractivity contribution in [1.29, 1.82) is 0 Å². The third-order valence-electron chi connectivity index (χ3n) is 2.07. The molecule has 0 radical (unpaired) electrons. The Labute approximate surface area is 90.5 Å². The van der Waals surface area contributed by atoms with E-state index in [1.54, 1.807) is 14.2 Å². The van der Waals surface area contributed by atoms with Gasteiger partial charge in [-0.1, -0.05) is 12.2 Å². The Hall–Kier alpha value is -1.48. The minimum Gasteiger partial charge on any atom is -0.497 e. The summed E-state index contributed by atoms with van der Waals surface area (Å²) in [6.07, 6.45) is 4.91. The van der Waals surface area contributed by atoms with Gasteiger partial charge in [0.1, 0.15) is 11.5 Å². The van der Waals surface area contributed by atoms with Crippen LogP contribution in [0.15, 0.2) is 24.3 Å². The van der Waals surface area contributed by atoms with Gasteiger partial charge in [0.05, 0.1) is 14.2 Å². The molecule has 0 aromatic heterocycles. The number of benzene rings is 1. The van der Waals surface area contributed by atoms with Crippen molar-refractivity contribution in [2.24, 2.45) is 5.73 Å². The molecule has 15 heavy (non-hydrogen) atoms. The van der Waals surface area contributed by atoms with Crippen LogP contribution in [0.5, 0.6) is 11.5 Å². The van der Waals surface area contributed by atoms with E-state index >= 15 is 0 Å². The molecule has 3 heteroatoms. The first kappa shape index (κ1) is 11.6. The van der Waals surface area contributed by atoms with Crippen molar-refractivity contribution in [1.82, 2.24) is 0 Å². The van der Waals surface area contributed by atoms with Crippen LogP contribution in [-0.4, -0.2) is 20.8 Å². The van der Waals surface area contributed by atoms with E-state index in [9.17, 15) is 0 Å². The van der Waals surface area contributed by atoms with Gasteiger partial charge in [-0.05, 0) is 25.1 Å². The Bertz CT molecular complexity index is 334. The summed E-state index contributed by atoms with van der Waals surface area (Å²) in [6.45, 7) is 0.662. The summed E-state index contributed by atoms with van der Waals surface area (Å²) in [5.74, 6) is 1.60. The molecule has 0 aliphatic heterocycles. The zero-order valence-electron chi connectivity index (χ0n) is 9.19. The average molecular weight is 207 g/mol. The maximum Gasteiger partial charge on any atom is 0.129 e. The Morgan fingerprint density at radius 1 is 1.27 bits per heavy atom. The van der Waals surface area contributed by atoms with Crippen LogP contribution in [-0.2, 0) is 0 Å². The van der Waals surface area contributed by atoms with Crippen molar-refractivity contribution >= 4 is 6.08 Å². The van der Waals surface area contributed by atoms with Gasteiger partial charge < -0.3 is 15.2 Å². The van der Waals surface area contributed by atoms with Crippen molar-refractivity contribution in [3.05, 3.63) is 29.8 Å². The number of hydrogen-bond donors (Lipinski definition) is 1. The number of rotatable bonds is 5. The van der Waals surface area contributed by atoms with Crippen molar-refractivity contribution in [3.8, 4) is 11.5 Å². The van der Waals surface area contributed by atoms with E-state index < -0.39 is 0 Å². The van der Waals surface area contributed by atoms with Crippen LogP contribution in [0.4, 0.5) is 0 Å². The highest BCUT2D eigenvalue weighted by Crippen LogP contribution is 2.25. The van der Waals surface area contributed by atoms with Gasteiger partial charge in [0.25, 0.3) is 0 Å². The van der Waals surface area contributed by atoms with Crippen LogP contribution >= 0.6 is 0 Å². The zero-order chi connectivity index (χ0) is 11.1. The molecule has 0 saturated carbocycles. The third kappa shape index (κ3) is 3.29. The SMILES string of the molecule is COc1ccc(/C=C/CCN)c(OC)c1. The molecule has 1 aromatic carbocycles. The molecule has 0 bridgehead atoms. The lowest BCUT2D eigenvalue weighted by molar-refractivity contribution is 0.394. The number of ether oxygens (including phenoxy) is 2. The lowest BCUT2D eigenvalue weighted by Crippen LogP contribution is -1.95. The number of hydrogen-bond acceptors (Lipinski definition) is 3. The molecule has 0 spiro atoms. The fourth-order valence-corrected chi connectivity index (χ4v) is 1.26. The first-order chi connectivity index (χ1) is 7.31. The highest BCUT2D eigenvalue weighted by Gasteiger charge is 2.01. The largest absolute Gasteiger partial charge is 0.497 e. The van der Waals surface area contributed by atoms with Gasteiger partial charge in [-0.25, -0.2) is 0 Å². The molecule has 0 amide bonds. The van der Waals surface area contributed by atoms with Crippen LogP contribution < -0.4 is 15.2 Å². The molecule has 1 aromatic rings. The van der Waals surface area contributed by atoms with Gasteiger partial charge in [-0.2, -0.15) is 0 Å². The number of methoxy groups -OCH3 is 2. The van der Waals surface area contributed by atoms with Crippen molar-refractivity contribution in [2.75, 3.05) is 20.8 Å². The predicted molar refractivity (Wildman–Crippen MR) is 62.3 cm³/mol. The van der Waals surface area contributed by atoms with Gasteiger partial charge in [0.2, 0.25) is 0 Å². The minimum atomic E-state index is 0.662. The topological polar surface area (TPSA) is 44.5 Å².